The van der Waals surface area contributed by atoms with E-state index in [-0.39, 0.29) is 5.91 Å². The highest BCUT2D eigenvalue weighted by molar-refractivity contribution is 7.92. The maximum atomic E-state index is 12.6. The second-order valence-corrected chi connectivity index (χ2v) is 8.23. The monoisotopic (exact) mass is 368 g/mol. The van der Waals surface area contributed by atoms with Crippen molar-refractivity contribution >= 4 is 38.1 Å². The van der Waals surface area contributed by atoms with Crippen LogP contribution in [0.4, 0.5) is 11.4 Å². The summed E-state index contributed by atoms with van der Waals surface area (Å²) in [5, 5.41) is 4.95. The maximum Gasteiger partial charge on any atom is 0.255 e. The molecule has 0 aliphatic carbocycles. The van der Waals surface area contributed by atoms with E-state index in [2.05, 4.69) is 5.32 Å². The molecule has 26 heavy (non-hydrogen) atoms. The third kappa shape index (κ3) is 3.55. The normalized spacial score (nSPS) is 11.3. The lowest BCUT2D eigenvalue weighted by atomic mass is 10.1. The van der Waals surface area contributed by atoms with Gasteiger partial charge in [-0.1, -0.05) is 36.4 Å². The summed E-state index contributed by atoms with van der Waals surface area (Å²) >= 11 is 0. The van der Waals surface area contributed by atoms with Crippen LogP contribution >= 0.6 is 0 Å². The number of anilines is 2. The van der Waals surface area contributed by atoms with Gasteiger partial charge in [-0.3, -0.25) is 9.10 Å². The zero-order chi connectivity index (χ0) is 18.9. The number of benzene rings is 3. The first-order valence-electron chi connectivity index (χ1n) is 8.11. The molecule has 1 amide bonds. The third-order valence-electron chi connectivity index (χ3n) is 4.33. The Hall–Kier alpha value is -2.86. The summed E-state index contributed by atoms with van der Waals surface area (Å²) in [4.78, 5) is 12.6. The van der Waals surface area contributed by atoms with Gasteiger partial charge in [0.05, 0.1) is 11.9 Å². The van der Waals surface area contributed by atoms with Gasteiger partial charge in [-0.15, -0.1) is 0 Å². The maximum absolute atomic E-state index is 12.6. The van der Waals surface area contributed by atoms with E-state index in [0.717, 1.165) is 22.7 Å². The second kappa shape index (κ2) is 6.80. The Morgan fingerprint density at radius 1 is 1.00 bits per heavy atom. The molecule has 0 bridgehead atoms. The van der Waals surface area contributed by atoms with Gasteiger partial charge in [-0.05, 0) is 42.1 Å². The van der Waals surface area contributed by atoms with E-state index < -0.39 is 10.0 Å². The van der Waals surface area contributed by atoms with Crippen molar-refractivity contribution in [2.24, 2.45) is 0 Å². The number of carbonyl (C=O) groups excluding carboxylic acids is 1. The first-order valence-corrected chi connectivity index (χ1v) is 9.96. The molecule has 0 saturated heterocycles. The van der Waals surface area contributed by atoms with Crippen molar-refractivity contribution in [1.29, 1.82) is 0 Å². The average Bonchev–Trinajstić information content (AvgIpc) is 2.60. The lowest BCUT2D eigenvalue weighted by Crippen LogP contribution is -2.25. The zero-order valence-corrected chi connectivity index (χ0v) is 15.7. The van der Waals surface area contributed by atoms with Gasteiger partial charge < -0.3 is 5.32 Å². The Kier molecular flexibility index (Phi) is 4.70. The van der Waals surface area contributed by atoms with Gasteiger partial charge in [0.2, 0.25) is 10.0 Å². The second-order valence-electron chi connectivity index (χ2n) is 6.21. The van der Waals surface area contributed by atoms with E-state index in [0.29, 0.717) is 16.8 Å². The van der Waals surface area contributed by atoms with E-state index in [9.17, 15) is 13.2 Å². The SMILES string of the molecule is Cc1cc(C(=O)Nc2cccc3ccccc23)ccc1N(C)S(C)(=O)=O. The van der Waals surface area contributed by atoms with Crippen LogP contribution in [-0.4, -0.2) is 27.6 Å². The Labute approximate surface area is 153 Å². The molecule has 0 heterocycles. The molecule has 0 unspecified atom stereocenters. The largest absolute Gasteiger partial charge is 0.321 e. The third-order valence-corrected chi connectivity index (χ3v) is 5.53. The average molecular weight is 368 g/mol. The minimum absolute atomic E-state index is 0.238. The van der Waals surface area contributed by atoms with Gasteiger partial charge in [0, 0.05) is 23.7 Å². The van der Waals surface area contributed by atoms with Crippen molar-refractivity contribution in [3.8, 4) is 0 Å². The molecule has 3 aromatic rings. The summed E-state index contributed by atoms with van der Waals surface area (Å²) < 4.78 is 24.6. The molecule has 0 atom stereocenters. The fraction of sp³-hybridized carbons (Fsp3) is 0.150. The van der Waals surface area contributed by atoms with Gasteiger partial charge in [-0.2, -0.15) is 0 Å². The van der Waals surface area contributed by atoms with Crippen molar-refractivity contribution in [3.05, 3.63) is 71.8 Å². The number of nitrogens with zero attached hydrogens (tertiary/aromatic N) is 1. The standard InChI is InChI=1S/C20H20N2O3S/c1-14-13-16(11-12-19(14)22(2)26(3,24)25)20(23)21-18-10-6-8-15-7-4-5-9-17(15)18/h4-13H,1-3H3,(H,21,23). The fourth-order valence-corrected chi connectivity index (χ4v) is 3.42. The number of hydrogen-bond acceptors (Lipinski definition) is 3. The van der Waals surface area contributed by atoms with Crippen molar-refractivity contribution in [2.75, 3.05) is 22.9 Å². The highest BCUT2D eigenvalue weighted by atomic mass is 32.2. The minimum Gasteiger partial charge on any atom is -0.321 e. The van der Waals surface area contributed by atoms with Gasteiger partial charge in [0.25, 0.3) is 5.91 Å². The molecular formula is C20H20N2O3S. The molecular weight excluding hydrogens is 348 g/mol. The number of nitrogens with one attached hydrogen (secondary N) is 1. The quantitative estimate of drug-likeness (QED) is 0.762. The number of rotatable bonds is 4. The lowest BCUT2D eigenvalue weighted by Gasteiger charge is -2.19. The molecule has 5 nitrogen and oxygen atoms in total. The molecule has 134 valence electrons. The smallest absolute Gasteiger partial charge is 0.255 e. The molecule has 0 aliphatic heterocycles. The number of aryl methyl sites for hydroxylation is 1. The van der Waals surface area contributed by atoms with E-state index in [1.165, 1.54) is 11.4 Å². The van der Waals surface area contributed by atoms with E-state index in [4.69, 9.17) is 0 Å². The molecule has 0 aromatic heterocycles. The summed E-state index contributed by atoms with van der Waals surface area (Å²) in [5.41, 5.74) is 2.47. The zero-order valence-electron chi connectivity index (χ0n) is 14.9. The van der Waals surface area contributed by atoms with Crippen LogP contribution in [0.5, 0.6) is 0 Å². The van der Waals surface area contributed by atoms with Crippen molar-refractivity contribution < 1.29 is 13.2 Å². The van der Waals surface area contributed by atoms with Crippen LogP contribution in [0, 0.1) is 6.92 Å². The summed E-state index contributed by atoms with van der Waals surface area (Å²) in [6.07, 6.45) is 1.15. The van der Waals surface area contributed by atoms with Gasteiger partial charge in [0.15, 0.2) is 0 Å². The number of fused-ring (bicyclic) bond motifs is 1. The first-order chi connectivity index (χ1) is 12.3. The van der Waals surface area contributed by atoms with Crippen LogP contribution in [0.3, 0.4) is 0 Å². The van der Waals surface area contributed by atoms with Crippen LogP contribution in [0.2, 0.25) is 0 Å². The Morgan fingerprint density at radius 3 is 2.38 bits per heavy atom. The number of carbonyl (C=O) groups is 1. The van der Waals surface area contributed by atoms with Gasteiger partial charge in [0.1, 0.15) is 0 Å². The summed E-state index contributed by atoms with van der Waals surface area (Å²) in [6.45, 7) is 1.78. The minimum atomic E-state index is -3.35. The molecule has 3 aromatic carbocycles. The number of sulfonamides is 1. The topological polar surface area (TPSA) is 66.5 Å². The van der Waals surface area contributed by atoms with Crippen LogP contribution in [0.1, 0.15) is 15.9 Å². The van der Waals surface area contributed by atoms with E-state index in [1.807, 2.05) is 42.5 Å². The van der Waals surface area contributed by atoms with Crippen molar-refractivity contribution in [2.45, 2.75) is 6.92 Å². The summed E-state index contributed by atoms with van der Waals surface area (Å²) in [5.74, 6) is -0.238. The van der Waals surface area contributed by atoms with Crippen LogP contribution < -0.4 is 9.62 Å². The Balaban J connectivity index is 1.90. The highest BCUT2D eigenvalue weighted by Gasteiger charge is 2.16. The summed E-state index contributed by atoms with van der Waals surface area (Å²) in [6, 6.07) is 18.5. The molecule has 0 spiro atoms. The highest BCUT2D eigenvalue weighted by Crippen LogP contribution is 2.25. The van der Waals surface area contributed by atoms with Gasteiger partial charge in [-0.25, -0.2) is 8.42 Å². The van der Waals surface area contributed by atoms with E-state index in [1.54, 1.807) is 25.1 Å². The molecule has 1 N–H and O–H groups in total. The predicted octanol–water partition coefficient (Wildman–Crippen LogP) is 3.80. The summed E-state index contributed by atoms with van der Waals surface area (Å²) in [7, 11) is -1.86. The molecule has 0 radical (unpaired) electrons. The molecule has 0 aliphatic rings. The van der Waals surface area contributed by atoms with Crippen molar-refractivity contribution in [1.82, 2.24) is 0 Å². The predicted molar refractivity (Wildman–Crippen MR) is 106 cm³/mol. The first kappa shape index (κ1) is 17.9. The Bertz CT molecular complexity index is 1090. The molecule has 0 fully saturated rings. The van der Waals surface area contributed by atoms with Crippen LogP contribution in [0.15, 0.2) is 60.7 Å². The van der Waals surface area contributed by atoms with Crippen LogP contribution in [-0.2, 0) is 10.0 Å². The Morgan fingerprint density at radius 2 is 1.69 bits per heavy atom. The molecule has 6 heteroatoms. The van der Waals surface area contributed by atoms with Crippen LogP contribution in [0.25, 0.3) is 10.8 Å². The molecule has 0 saturated carbocycles. The fourth-order valence-electron chi connectivity index (χ4n) is 2.86. The number of hydrogen-bond donors (Lipinski definition) is 1. The number of amides is 1. The lowest BCUT2D eigenvalue weighted by molar-refractivity contribution is 0.102. The van der Waals surface area contributed by atoms with Crippen molar-refractivity contribution in [3.63, 3.8) is 0 Å². The van der Waals surface area contributed by atoms with E-state index >= 15 is 0 Å². The molecule has 3 rings (SSSR count). The van der Waals surface area contributed by atoms with Gasteiger partial charge >= 0.3 is 0 Å².